The van der Waals surface area contributed by atoms with Crippen molar-refractivity contribution >= 4 is 39.8 Å². The van der Waals surface area contributed by atoms with Gasteiger partial charge < -0.3 is 10.6 Å². The predicted molar refractivity (Wildman–Crippen MR) is 105 cm³/mol. The zero-order valence-corrected chi connectivity index (χ0v) is 15.2. The third kappa shape index (κ3) is 3.90. The molecule has 1 aliphatic rings. The second-order valence-electron chi connectivity index (χ2n) is 6.55. The van der Waals surface area contributed by atoms with Crippen molar-refractivity contribution in [2.75, 3.05) is 5.32 Å². The lowest BCUT2D eigenvalue weighted by Gasteiger charge is -2.37. The van der Waals surface area contributed by atoms with Gasteiger partial charge in [0.1, 0.15) is 5.82 Å². The molecule has 0 amide bonds. The number of benzene rings is 2. The Morgan fingerprint density at radius 3 is 2.64 bits per heavy atom. The molecule has 0 aliphatic heterocycles. The summed E-state index contributed by atoms with van der Waals surface area (Å²) in [5.74, 6) is 0.915. The van der Waals surface area contributed by atoms with Crippen molar-refractivity contribution in [2.45, 2.75) is 31.5 Å². The lowest BCUT2D eigenvalue weighted by atomic mass is 9.86. The summed E-state index contributed by atoms with van der Waals surface area (Å²) in [4.78, 5) is 4.49. The number of anilines is 1. The fourth-order valence-electron chi connectivity index (χ4n) is 3.26. The molecule has 0 bridgehead atoms. The second kappa shape index (κ2) is 7.20. The Labute approximate surface area is 157 Å². The first kappa shape index (κ1) is 16.6. The van der Waals surface area contributed by atoms with Gasteiger partial charge in [0, 0.05) is 40.3 Å². The Morgan fingerprint density at radius 2 is 1.80 bits per heavy atom. The molecule has 1 fully saturated rings. The highest BCUT2D eigenvalue weighted by molar-refractivity contribution is 6.31. The van der Waals surface area contributed by atoms with Crippen molar-refractivity contribution in [3.05, 3.63) is 70.3 Å². The number of nitrogens with one attached hydrogen (secondary N) is 2. The van der Waals surface area contributed by atoms with Gasteiger partial charge >= 0.3 is 0 Å². The summed E-state index contributed by atoms with van der Waals surface area (Å²) in [5, 5.41) is 10.9. The van der Waals surface area contributed by atoms with E-state index < -0.39 is 0 Å². The molecule has 1 heterocycles. The molecule has 0 unspecified atom stereocenters. The van der Waals surface area contributed by atoms with Crippen LogP contribution in [0, 0.1) is 0 Å². The average Bonchev–Trinajstić information content (AvgIpc) is 2.57. The van der Waals surface area contributed by atoms with Crippen LogP contribution in [0.2, 0.25) is 10.0 Å². The number of hydrogen-bond acceptors (Lipinski definition) is 3. The minimum absolute atomic E-state index is 0.439. The van der Waals surface area contributed by atoms with Crippen LogP contribution in [0.3, 0.4) is 0 Å². The van der Waals surface area contributed by atoms with Crippen molar-refractivity contribution in [3.63, 3.8) is 0 Å². The van der Waals surface area contributed by atoms with Gasteiger partial charge in [-0.15, -0.1) is 0 Å². The maximum absolute atomic E-state index is 6.13. The van der Waals surface area contributed by atoms with Crippen molar-refractivity contribution in [3.8, 4) is 0 Å². The summed E-state index contributed by atoms with van der Waals surface area (Å²) in [6, 6.07) is 16.9. The highest BCUT2D eigenvalue weighted by Crippen LogP contribution is 2.29. The van der Waals surface area contributed by atoms with E-state index in [0.717, 1.165) is 46.0 Å². The van der Waals surface area contributed by atoms with E-state index in [0.29, 0.717) is 12.1 Å². The van der Waals surface area contributed by atoms with Gasteiger partial charge in [-0.25, -0.2) is 4.98 Å². The van der Waals surface area contributed by atoms with Gasteiger partial charge in [0.05, 0.1) is 0 Å². The Morgan fingerprint density at radius 1 is 0.960 bits per heavy atom. The second-order valence-corrected chi connectivity index (χ2v) is 7.42. The molecule has 3 nitrogen and oxygen atoms in total. The SMILES string of the molecule is Clc1cccc(CNC2CC(Nc3nccc4ccc(Cl)cc34)C2)c1. The van der Waals surface area contributed by atoms with Crippen molar-refractivity contribution < 1.29 is 0 Å². The molecular weight excluding hydrogens is 353 g/mol. The van der Waals surface area contributed by atoms with Crippen molar-refractivity contribution in [1.82, 2.24) is 10.3 Å². The molecule has 25 heavy (non-hydrogen) atoms. The zero-order chi connectivity index (χ0) is 17.2. The summed E-state index contributed by atoms with van der Waals surface area (Å²) in [5.41, 5.74) is 1.22. The molecule has 0 spiro atoms. The number of nitrogens with zero attached hydrogens (tertiary/aromatic N) is 1. The molecule has 3 aromatic rings. The number of aromatic nitrogens is 1. The number of fused-ring (bicyclic) bond motifs is 1. The number of hydrogen-bond donors (Lipinski definition) is 2. The highest BCUT2D eigenvalue weighted by Gasteiger charge is 2.29. The number of rotatable bonds is 5. The molecule has 0 radical (unpaired) electrons. The van der Waals surface area contributed by atoms with Crippen LogP contribution in [0.5, 0.6) is 0 Å². The first-order valence-electron chi connectivity index (χ1n) is 8.46. The van der Waals surface area contributed by atoms with Crippen LogP contribution in [0.15, 0.2) is 54.7 Å². The maximum Gasteiger partial charge on any atom is 0.134 e. The van der Waals surface area contributed by atoms with E-state index in [2.05, 4.69) is 21.7 Å². The van der Waals surface area contributed by atoms with Crippen LogP contribution in [0.4, 0.5) is 5.82 Å². The third-order valence-corrected chi connectivity index (χ3v) is 5.16. The largest absolute Gasteiger partial charge is 0.367 e. The Hall–Kier alpha value is -1.81. The highest BCUT2D eigenvalue weighted by atomic mass is 35.5. The minimum Gasteiger partial charge on any atom is -0.367 e. The van der Waals surface area contributed by atoms with Gasteiger partial charge in [0.2, 0.25) is 0 Å². The topological polar surface area (TPSA) is 37.0 Å². The Bertz CT molecular complexity index is 891. The van der Waals surface area contributed by atoms with Gasteiger partial charge in [-0.05, 0) is 54.1 Å². The minimum atomic E-state index is 0.439. The third-order valence-electron chi connectivity index (χ3n) is 4.69. The zero-order valence-electron chi connectivity index (χ0n) is 13.7. The van der Waals surface area contributed by atoms with Gasteiger partial charge in [0.25, 0.3) is 0 Å². The van der Waals surface area contributed by atoms with E-state index in [9.17, 15) is 0 Å². The smallest absolute Gasteiger partial charge is 0.134 e. The number of pyridine rings is 1. The van der Waals surface area contributed by atoms with Crippen LogP contribution in [0.1, 0.15) is 18.4 Å². The quantitative estimate of drug-likeness (QED) is 0.640. The molecule has 2 aromatic carbocycles. The Kier molecular flexibility index (Phi) is 4.80. The lowest BCUT2D eigenvalue weighted by Crippen LogP contribution is -2.47. The summed E-state index contributed by atoms with van der Waals surface area (Å²) in [6.45, 7) is 0.847. The molecule has 0 atom stereocenters. The number of halogens is 2. The van der Waals surface area contributed by atoms with Crippen LogP contribution in [-0.2, 0) is 6.54 Å². The molecule has 1 aromatic heterocycles. The van der Waals surface area contributed by atoms with Crippen LogP contribution >= 0.6 is 23.2 Å². The molecule has 128 valence electrons. The van der Waals surface area contributed by atoms with E-state index in [-0.39, 0.29) is 0 Å². The molecule has 5 heteroatoms. The molecule has 4 rings (SSSR count). The van der Waals surface area contributed by atoms with E-state index in [1.165, 1.54) is 5.56 Å². The van der Waals surface area contributed by atoms with Gasteiger partial charge in [0.15, 0.2) is 0 Å². The van der Waals surface area contributed by atoms with E-state index in [1.807, 2.05) is 48.7 Å². The van der Waals surface area contributed by atoms with Crippen LogP contribution < -0.4 is 10.6 Å². The molecule has 1 aliphatic carbocycles. The molecule has 1 saturated carbocycles. The first-order valence-corrected chi connectivity index (χ1v) is 9.21. The summed E-state index contributed by atoms with van der Waals surface area (Å²) in [7, 11) is 0. The predicted octanol–water partition coefficient (Wildman–Crippen LogP) is 5.27. The van der Waals surface area contributed by atoms with E-state index in [4.69, 9.17) is 23.2 Å². The molecular formula is C20H19Cl2N3. The lowest BCUT2D eigenvalue weighted by molar-refractivity contribution is 0.307. The van der Waals surface area contributed by atoms with Crippen molar-refractivity contribution in [1.29, 1.82) is 0 Å². The van der Waals surface area contributed by atoms with Gasteiger partial charge in [-0.2, -0.15) is 0 Å². The summed E-state index contributed by atoms with van der Waals surface area (Å²) < 4.78 is 0. The molecule has 2 N–H and O–H groups in total. The Balaban J connectivity index is 1.33. The maximum atomic E-state index is 6.13. The van der Waals surface area contributed by atoms with Gasteiger partial charge in [-0.1, -0.05) is 41.4 Å². The fourth-order valence-corrected chi connectivity index (χ4v) is 3.65. The van der Waals surface area contributed by atoms with E-state index in [1.54, 1.807) is 0 Å². The van der Waals surface area contributed by atoms with Crippen LogP contribution in [-0.4, -0.2) is 17.1 Å². The van der Waals surface area contributed by atoms with E-state index >= 15 is 0 Å². The van der Waals surface area contributed by atoms with Crippen LogP contribution in [0.25, 0.3) is 10.8 Å². The standard InChI is InChI=1S/C20H19Cl2N3/c21-15-3-1-2-13(8-15)12-24-17-10-18(11-17)25-20-19-9-16(22)5-4-14(19)6-7-23-20/h1-9,17-18,24H,10-12H2,(H,23,25). The van der Waals surface area contributed by atoms with Crippen molar-refractivity contribution in [2.24, 2.45) is 0 Å². The monoisotopic (exact) mass is 371 g/mol. The summed E-state index contributed by atoms with van der Waals surface area (Å²) in [6.07, 6.45) is 4.00. The molecule has 0 saturated heterocycles. The van der Waals surface area contributed by atoms with Gasteiger partial charge in [-0.3, -0.25) is 0 Å². The fraction of sp³-hybridized carbons (Fsp3) is 0.250. The first-order chi connectivity index (χ1) is 12.2. The average molecular weight is 372 g/mol. The summed E-state index contributed by atoms with van der Waals surface area (Å²) >= 11 is 12.2. The normalized spacial score (nSPS) is 19.6.